The zero-order valence-electron chi connectivity index (χ0n) is 13.8. The maximum absolute atomic E-state index is 11.3. The second-order valence-electron chi connectivity index (χ2n) is 5.41. The fraction of sp³-hybridized carbons (Fsp3) is 0.263. The number of rotatable bonds is 9. The number of carboxylic acids is 2. The molecule has 2 N–H and O–H groups in total. The van der Waals surface area contributed by atoms with E-state index in [2.05, 4.69) is 0 Å². The van der Waals surface area contributed by atoms with E-state index in [-0.39, 0.29) is 22.6 Å². The molecule has 0 aromatic heterocycles. The fourth-order valence-electron chi connectivity index (χ4n) is 2.29. The Hall–Kier alpha value is -3.02. The topological polar surface area (TPSA) is 93.1 Å². The van der Waals surface area contributed by atoms with Gasteiger partial charge in [0.25, 0.3) is 0 Å². The molecule has 6 heteroatoms. The van der Waals surface area contributed by atoms with Crippen molar-refractivity contribution in [1.29, 1.82) is 0 Å². The molecule has 0 aliphatic rings. The van der Waals surface area contributed by atoms with Gasteiger partial charge in [0.1, 0.15) is 22.6 Å². The SMILES string of the molecule is CCCCC(Oc1ccccc1C(=O)O)Oc1ccccc1C(=O)O. The van der Waals surface area contributed by atoms with E-state index in [0.717, 1.165) is 12.8 Å². The predicted molar refractivity (Wildman–Crippen MR) is 91.4 cm³/mol. The number of unbranched alkanes of at least 4 members (excludes halogenated alkanes) is 1. The molecule has 0 aliphatic heterocycles. The van der Waals surface area contributed by atoms with Gasteiger partial charge in [-0.15, -0.1) is 0 Å². The minimum Gasteiger partial charge on any atom is -0.478 e. The zero-order valence-corrected chi connectivity index (χ0v) is 13.8. The molecule has 0 amide bonds. The number of benzene rings is 2. The van der Waals surface area contributed by atoms with Crippen molar-refractivity contribution in [3.8, 4) is 11.5 Å². The van der Waals surface area contributed by atoms with Crippen LogP contribution in [0, 0.1) is 0 Å². The average molecular weight is 344 g/mol. The third-order valence-corrected chi connectivity index (χ3v) is 3.55. The Morgan fingerprint density at radius 1 is 0.880 bits per heavy atom. The van der Waals surface area contributed by atoms with Crippen LogP contribution in [0.1, 0.15) is 46.9 Å². The van der Waals surface area contributed by atoms with Gasteiger partial charge >= 0.3 is 11.9 Å². The van der Waals surface area contributed by atoms with Gasteiger partial charge in [-0.1, -0.05) is 37.6 Å². The molecule has 0 spiro atoms. The van der Waals surface area contributed by atoms with Crippen LogP contribution in [0.25, 0.3) is 0 Å². The molecule has 0 aliphatic carbocycles. The van der Waals surface area contributed by atoms with E-state index in [1.807, 2.05) is 6.92 Å². The van der Waals surface area contributed by atoms with Gasteiger partial charge in [-0.3, -0.25) is 0 Å². The van der Waals surface area contributed by atoms with Gasteiger partial charge in [0.2, 0.25) is 6.29 Å². The van der Waals surface area contributed by atoms with E-state index in [4.69, 9.17) is 9.47 Å². The maximum Gasteiger partial charge on any atom is 0.339 e. The molecule has 6 nitrogen and oxygen atoms in total. The molecule has 2 aromatic carbocycles. The van der Waals surface area contributed by atoms with E-state index >= 15 is 0 Å². The fourth-order valence-corrected chi connectivity index (χ4v) is 2.29. The van der Waals surface area contributed by atoms with Crippen molar-refractivity contribution in [2.45, 2.75) is 32.5 Å². The Labute approximate surface area is 145 Å². The number of carboxylic acid groups (broad SMARTS) is 2. The van der Waals surface area contributed by atoms with Crippen LogP contribution in [0.2, 0.25) is 0 Å². The summed E-state index contributed by atoms with van der Waals surface area (Å²) < 4.78 is 11.5. The van der Waals surface area contributed by atoms with E-state index in [9.17, 15) is 19.8 Å². The third kappa shape index (κ3) is 4.97. The summed E-state index contributed by atoms with van der Waals surface area (Å²) in [6.45, 7) is 2.01. The van der Waals surface area contributed by atoms with E-state index in [1.54, 1.807) is 36.4 Å². The Morgan fingerprint density at radius 2 is 1.32 bits per heavy atom. The van der Waals surface area contributed by atoms with Crippen LogP contribution in [0.3, 0.4) is 0 Å². The van der Waals surface area contributed by atoms with Gasteiger partial charge in [0.05, 0.1) is 0 Å². The number of para-hydroxylation sites is 2. The molecule has 0 unspecified atom stereocenters. The summed E-state index contributed by atoms with van der Waals surface area (Å²) in [5.74, 6) is -1.83. The molecule has 25 heavy (non-hydrogen) atoms. The monoisotopic (exact) mass is 344 g/mol. The van der Waals surface area contributed by atoms with Crippen molar-refractivity contribution in [3.05, 3.63) is 59.7 Å². The number of aromatic carboxylic acids is 2. The highest BCUT2D eigenvalue weighted by Gasteiger charge is 2.19. The molecule has 0 atom stereocenters. The highest BCUT2D eigenvalue weighted by Crippen LogP contribution is 2.25. The average Bonchev–Trinajstić information content (AvgIpc) is 2.60. The molecular formula is C19H20O6. The van der Waals surface area contributed by atoms with Crippen LogP contribution in [0.15, 0.2) is 48.5 Å². The highest BCUT2D eigenvalue weighted by atomic mass is 16.7. The Bertz CT molecular complexity index is 681. The van der Waals surface area contributed by atoms with Gasteiger partial charge in [-0.25, -0.2) is 9.59 Å². The summed E-state index contributed by atoms with van der Waals surface area (Å²) in [4.78, 5) is 22.6. The molecular weight excluding hydrogens is 324 g/mol. The molecule has 0 fully saturated rings. The Balaban J connectivity index is 2.26. The maximum atomic E-state index is 11.3. The van der Waals surface area contributed by atoms with Crippen LogP contribution >= 0.6 is 0 Å². The largest absolute Gasteiger partial charge is 0.478 e. The smallest absolute Gasteiger partial charge is 0.339 e. The molecule has 2 rings (SSSR count). The van der Waals surface area contributed by atoms with Crippen LogP contribution in [-0.2, 0) is 0 Å². The number of hydrogen-bond donors (Lipinski definition) is 2. The third-order valence-electron chi connectivity index (χ3n) is 3.55. The number of ether oxygens (including phenoxy) is 2. The minimum atomic E-state index is -1.10. The van der Waals surface area contributed by atoms with E-state index in [0.29, 0.717) is 6.42 Å². The summed E-state index contributed by atoms with van der Waals surface area (Å²) >= 11 is 0. The van der Waals surface area contributed by atoms with Crippen molar-refractivity contribution in [2.24, 2.45) is 0 Å². The van der Waals surface area contributed by atoms with E-state index < -0.39 is 18.2 Å². The molecule has 2 aromatic rings. The summed E-state index contributed by atoms with van der Waals surface area (Å²) in [6.07, 6.45) is 1.39. The van der Waals surface area contributed by atoms with Gasteiger partial charge in [0, 0.05) is 6.42 Å². The summed E-state index contributed by atoms with van der Waals surface area (Å²) in [6, 6.07) is 12.5. The first-order valence-corrected chi connectivity index (χ1v) is 8.01. The lowest BCUT2D eigenvalue weighted by Crippen LogP contribution is -2.25. The van der Waals surface area contributed by atoms with Crippen LogP contribution < -0.4 is 9.47 Å². The Morgan fingerprint density at radius 3 is 1.72 bits per heavy atom. The van der Waals surface area contributed by atoms with Gasteiger partial charge in [0.15, 0.2) is 0 Å². The van der Waals surface area contributed by atoms with Crippen molar-refractivity contribution < 1.29 is 29.3 Å². The first-order chi connectivity index (χ1) is 12.0. The number of carbonyl (C=O) groups is 2. The highest BCUT2D eigenvalue weighted by molar-refractivity contribution is 5.91. The summed E-state index contributed by atoms with van der Waals surface area (Å²) in [5, 5.41) is 18.5. The molecule has 0 saturated heterocycles. The molecule has 0 radical (unpaired) electrons. The Kier molecular flexibility index (Phi) is 6.39. The van der Waals surface area contributed by atoms with Crippen LogP contribution in [0.4, 0.5) is 0 Å². The second-order valence-corrected chi connectivity index (χ2v) is 5.41. The van der Waals surface area contributed by atoms with Crippen molar-refractivity contribution in [2.75, 3.05) is 0 Å². The van der Waals surface area contributed by atoms with Gasteiger partial charge in [-0.05, 0) is 30.7 Å². The van der Waals surface area contributed by atoms with Gasteiger partial charge < -0.3 is 19.7 Å². The lowest BCUT2D eigenvalue weighted by Gasteiger charge is -2.22. The van der Waals surface area contributed by atoms with Gasteiger partial charge in [-0.2, -0.15) is 0 Å². The quantitative estimate of drug-likeness (QED) is 0.666. The normalized spacial score (nSPS) is 10.5. The molecule has 132 valence electrons. The lowest BCUT2D eigenvalue weighted by atomic mass is 10.2. The predicted octanol–water partition coefficient (Wildman–Crippen LogP) is 4.06. The lowest BCUT2D eigenvalue weighted by molar-refractivity contribution is -0.00382. The number of hydrogen-bond acceptors (Lipinski definition) is 4. The zero-order chi connectivity index (χ0) is 18.2. The van der Waals surface area contributed by atoms with Crippen molar-refractivity contribution >= 4 is 11.9 Å². The first kappa shape index (κ1) is 18.3. The van der Waals surface area contributed by atoms with Crippen molar-refractivity contribution in [3.63, 3.8) is 0 Å². The van der Waals surface area contributed by atoms with Crippen LogP contribution in [0.5, 0.6) is 11.5 Å². The summed E-state index contributed by atoms with van der Waals surface area (Å²) in [5.41, 5.74) is 0.0539. The summed E-state index contributed by atoms with van der Waals surface area (Å²) in [7, 11) is 0. The molecule has 0 heterocycles. The second kappa shape index (κ2) is 8.73. The van der Waals surface area contributed by atoms with Crippen LogP contribution in [-0.4, -0.2) is 28.4 Å². The molecule has 0 bridgehead atoms. The molecule has 0 saturated carbocycles. The van der Waals surface area contributed by atoms with E-state index in [1.165, 1.54) is 12.1 Å². The standard InChI is InChI=1S/C19H20O6/c1-2-3-12-17(24-15-10-6-4-8-13(15)18(20)21)25-16-11-7-5-9-14(16)19(22)23/h4-11,17H,2-3,12H2,1H3,(H,20,21)(H,22,23). The van der Waals surface area contributed by atoms with Crippen molar-refractivity contribution in [1.82, 2.24) is 0 Å². The first-order valence-electron chi connectivity index (χ1n) is 8.01. The minimum absolute atomic E-state index is 0.0270.